The van der Waals surface area contributed by atoms with Crippen LogP contribution >= 0.6 is 0 Å². The first-order valence-corrected chi connectivity index (χ1v) is 7.09. The number of nitrogens with zero attached hydrogens (tertiary/aromatic N) is 1. The number of aliphatic hydroxyl groups is 1. The minimum absolute atomic E-state index is 0.00285. The van der Waals surface area contributed by atoms with Crippen molar-refractivity contribution in [1.82, 2.24) is 4.90 Å². The molecule has 0 aromatic heterocycles. The summed E-state index contributed by atoms with van der Waals surface area (Å²) in [6.07, 6.45) is 0.457. The zero-order chi connectivity index (χ0) is 15.7. The van der Waals surface area contributed by atoms with Crippen LogP contribution in [0.25, 0.3) is 0 Å². The fourth-order valence-electron chi connectivity index (χ4n) is 1.87. The predicted octanol–water partition coefficient (Wildman–Crippen LogP) is 1.92. The first-order chi connectivity index (χ1) is 10.1. The summed E-state index contributed by atoms with van der Waals surface area (Å²) in [4.78, 5) is 14.3. The van der Waals surface area contributed by atoms with E-state index in [9.17, 15) is 4.79 Å². The van der Waals surface area contributed by atoms with Gasteiger partial charge in [0.2, 0.25) is 0 Å². The molecule has 1 aromatic carbocycles. The molecule has 4 nitrogen and oxygen atoms in total. The van der Waals surface area contributed by atoms with E-state index in [4.69, 9.17) is 9.84 Å². The molecule has 0 aliphatic carbocycles. The van der Waals surface area contributed by atoms with Gasteiger partial charge in [-0.25, -0.2) is 0 Å². The topological polar surface area (TPSA) is 49.8 Å². The van der Waals surface area contributed by atoms with E-state index in [1.54, 1.807) is 24.1 Å². The number of aliphatic hydroxyl groups excluding tert-OH is 1. The Balaban J connectivity index is 2.79. The second-order valence-electron chi connectivity index (χ2n) is 4.94. The zero-order valence-corrected chi connectivity index (χ0v) is 12.9. The summed E-state index contributed by atoms with van der Waals surface area (Å²) in [6.45, 7) is 5.14. The summed E-state index contributed by atoms with van der Waals surface area (Å²) in [5.41, 5.74) is 1.49. The summed E-state index contributed by atoms with van der Waals surface area (Å²) >= 11 is 0. The molecule has 0 spiro atoms. The van der Waals surface area contributed by atoms with Gasteiger partial charge in [-0.05, 0) is 38.1 Å². The van der Waals surface area contributed by atoms with Gasteiger partial charge in [-0.15, -0.1) is 0 Å². The van der Waals surface area contributed by atoms with Gasteiger partial charge in [-0.3, -0.25) is 4.79 Å². The van der Waals surface area contributed by atoms with Crippen LogP contribution in [0.3, 0.4) is 0 Å². The molecule has 0 heterocycles. The van der Waals surface area contributed by atoms with Gasteiger partial charge in [-0.1, -0.05) is 11.8 Å². The maximum atomic E-state index is 12.5. The smallest absolute Gasteiger partial charge is 0.254 e. The van der Waals surface area contributed by atoms with Gasteiger partial charge in [0.1, 0.15) is 0 Å². The highest BCUT2D eigenvalue weighted by molar-refractivity contribution is 5.94. The van der Waals surface area contributed by atoms with E-state index in [1.807, 2.05) is 26.0 Å². The molecule has 1 N–H and O–H groups in total. The lowest BCUT2D eigenvalue weighted by molar-refractivity contribution is 0.0635. The van der Waals surface area contributed by atoms with Crippen LogP contribution in [-0.4, -0.2) is 48.8 Å². The SMILES string of the molecule is COCCN(C(=O)c1ccc(C#CCCO)cc1)C(C)C. The van der Waals surface area contributed by atoms with Crippen LogP contribution in [0, 0.1) is 11.8 Å². The zero-order valence-electron chi connectivity index (χ0n) is 12.9. The second-order valence-corrected chi connectivity index (χ2v) is 4.94. The number of hydrogen-bond donors (Lipinski definition) is 1. The molecule has 0 unspecified atom stereocenters. The lowest BCUT2D eigenvalue weighted by Gasteiger charge is -2.26. The molecule has 0 aliphatic rings. The van der Waals surface area contributed by atoms with Gasteiger partial charge in [-0.2, -0.15) is 0 Å². The number of amides is 1. The predicted molar refractivity (Wildman–Crippen MR) is 83.1 cm³/mol. The normalized spacial score (nSPS) is 10.1. The highest BCUT2D eigenvalue weighted by Gasteiger charge is 2.18. The van der Waals surface area contributed by atoms with Crippen LogP contribution in [0.15, 0.2) is 24.3 Å². The van der Waals surface area contributed by atoms with Gasteiger partial charge in [0, 0.05) is 37.2 Å². The van der Waals surface area contributed by atoms with E-state index in [-0.39, 0.29) is 18.6 Å². The lowest BCUT2D eigenvalue weighted by atomic mass is 10.1. The third kappa shape index (κ3) is 5.58. The number of benzene rings is 1. The quantitative estimate of drug-likeness (QED) is 0.814. The van der Waals surface area contributed by atoms with E-state index in [0.29, 0.717) is 25.1 Å². The van der Waals surface area contributed by atoms with Gasteiger partial charge in [0.25, 0.3) is 5.91 Å². The number of methoxy groups -OCH3 is 1. The molecule has 0 saturated carbocycles. The molecule has 0 aliphatic heterocycles. The average molecular weight is 289 g/mol. The Hall–Kier alpha value is -1.83. The van der Waals surface area contributed by atoms with Crippen LogP contribution in [-0.2, 0) is 4.74 Å². The van der Waals surface area contributed by atoms with Crippen molar-refractivity contribution in [2.75, 3.05) is 26.9 Å². The molecular weight excluding hydrogens is 266 g/mol. The van der Waals surface area contributed by atoms with Crippen molar-refractivity contribution < 1.29 is 14.6 Å². The van der Waals surface area contributed by atoms with Crippen molar-refractivity contribution in [3.63, 3.8) is 0 Å². The Bertz CT molecular complexity index is 497. The van der Waals surface area contributed by atoms with Crippen LogP contribution in [0.4, 0.5) is 0 Å². The van der Waals surface area contributed by atoms with E-state index < -0.39 is 0 Å². The molecule has 1 amide bonds. The van der Waals surface area contributed by atoms with Gasteiger partial charge in [0.05, 0.1) is 13.2 Å². The van der Waals surface area contributed by atoms with E-state index in [2.05, 4.69) is 11.8 Å². The number of carbonyl (C=O) groups is 1. The summed E-state index contributed by atoms with van der Waals surface area (Å²) in [5, 5.41) is 8.68. The highest BCUT2D eigenvalue weighted by atomic mass is 16.5. The average Bonchev–Trinajstić information content (AvgIpc) is 2.48. The van der Waals surface area contributed by atoms with Crippen molar-refractivity contribution in [2.24, 2.45) is 0 Å². The largest absolute Gasteiger partial charge is 0.395 e. The standard InChI is InChI=1S/C17H23NO3/c1-14(2)18(11-13-21-3)17(20)16-9-7-15(8-10-16)6-4-5-12-19/h7-10,14,19H,5,11-13H2,1-3H3. The molecule has 1 rings (SSSR count). The van der Waals surface area contributed by atoms with Gasteiger partial charge >= 0.3 is 0 Å². The fourth-order valence-corrected chi connectivity index (χ4v) is 1.87. The molecule has 0 fully saturated rings. The van der Waals surface area contributed by atoms with Gasteiger partial charge in [0.15, 0.2) is 0 Å². The third-order valence-corrected chi connectivity index (χ3v) is 3.02. The van der Waals surface area contributed by atoms with Crippen molar-refractivity contribution in [1.29, 1.82) is 0 Å². The maximum absolute atomic E-state index is 12.5. The lowest BCUT2D eigenvalue weighted by Crippen LogP contribution is -2.39. The fraction of sp³-hybridized carbons (Fsp3) is 0.471. The summed E-state index contributed by atoms with van der Waals surface area (Å²) < 4.78 is 5.05. The minimum atomic E-state index is -0.00285. The Kier molecular flexibility index (Phi) is 7.52. The first-order valence-electron chi connectivity index (χ1n) is 7.09. The molecule has 0 bridgehead atoms. The summed E-state index contributed by atoms with van der Waals surface area (Å²) in [7, 11) is 1.63. The summed E-state index contributed by atoms with van der Waals surface area (Å²) in [5.74, 6) is 5.80. The molecule has 0 atom stereocenters. The Morgan fingerprint density at radius 3 is 2.52 bits per heavy atom. The number of rotatable bonds is 6. The van der Waals surface area contributed by atoms with Crippen molar-refractivity contribution in [2.45, 2.75) is 26.3 Å². The molecule has 1 aromatic rings. The van der Waals surface area contributed by atoms with Gasteiger partial charge < -0.3 is 14.7 Å². The minimum Gasteiger partial charge on any atom is -0.395 e. The van der Waals surface area contributed by atoms with Crippen LogP contribution < -0.4 is 0 Å². The molecule has 0 radical (unpaired) electrons. The molecule has 21 heavy (non-hydrogen) atoms. The second kappa shape index (κ2) is 9.17. The van der Waals surface area contributed by atoms with Crippen molar-refractivity contribution in [3.05, 3.63) is 35.4 Å². The molecule has 4 heteroatoms. The molecule has 0 saturated heterocycles. The summed E-state index contributed by atoms with van der Waals surface area (Å²) in [6, 6.07) is 7.34. The maximum Gasteiger partial charge on any atom is 0.254 e. The van der Waals surface area contributed by atoms with Crippen molar-refractivity contribution >= 4 is 5.91 Å². The third-order valence-electron chi connectivity index (χ3n) is 3.02. The van der Waals surface area contributed by atoms with Crippen LogP contribution in [0.2, 0.25) is 0 Å². The number of ether oxygens (including phenoxy) is 1. The Morgan fingerprint density at radius 1 is 1.33 bits per heavy atom. The Morgan fingerprint density at radius 2 is 2.00 bits per heavy atom. The van der Waals surface area contributed by atoms with E-state index in [1.165, 1.54) is 0 Å². The Labute approximate surface area is 126 Å². The van der Waals surface area contributed by atoms with Crippen LogP contribution in [0.1, 0.15) is 36.2 Å². The monoisotopic (exact) mass is 289 g/mol. The number of carbonyl (C=O) groups excluding carboxylic acids is 1. The van der Waals surface area contributed by atoms with Crippen molar-refractivity contribution in [3.8, 4) is 11.8 Å². The number of hydrogen-bond acceptors (Lipinski definition) is 3. The van der Waals surface area contributed by atoms with E-state index in [0.717, 1.165) is 5.56 Å². The first kappa shape index (κ1) is 17.2. The highest BCUT2D eigenvalue weighted by Crippen LogP contribution is 2.10. The molecule has 114 valence electrons. The van der Waals surface area contributed by atoms with E-state index >= 15 is 0 Å². The van der Waals surface area contributed by atoms with Crippen LogP contribution in [0.5, 0.6) is 0 Å². The molecular formula is C17H23NO3.